The number of nitrogens with zero attached hydrogens (tertiary/aromatic N) is 3. The molecular weight excluding hydrogens is 1080 g/mol. The number of aliphatic hydroxyl groups excluding tert-OH is 3. The van der Waals surface area contributed by atoms with Crippen LogP contribution in [-0.4, -0.2) is 102 Å². The third kappa shape index (κ3) is 18.4. The van der Waals surface area contributed by atoms with Gasteiger partial charge in [0.15, 0.2) is 0 Å². The molecule has 6 aromatic carbocycles. The number of carboxylic acids is 1. The number of sulfonamides is 1. The Morgan fingerprint density at radius 3 is 1.98 bits per heavy atom. The van der Waals surface area contributed by atoms with Gasteiger partial charge < -0.3 is 45.3 Å². The monoisotopic (exact) mass is 1150 g/mol. The standard InChI is InChI=1S/C33H35FN2O5.C20H21FN2O.C12H20N2O3S/c1-21(2)31-30(33(41)35-25-11-7-4-8-12-25)29(22-9-5-3-6-10-22)32(23-13-15-24(34)16-14-23)36(31)18-17-26(37)19-27(38)20-28(39)40;1-23(2)11-3-10-20(17-5-7-18(21)8-6-17)19-9-4-15(13-22)12-16(19)14-24-20;1-9(2)13-8-12(15)10-4-6-11(7-5-10)14-18(3,16)17/h3-16,21,26-27,37-38H,17-20H2,1-2H3,(H,35,41)(H,39,40);4-9,12H,3,10-11,14H2,1-2H3;4-7,9,12-15H,8H2,1-3H3/t26-,27-;;/m1../s1. The molecule has 18 heteroatoms. The van der Waals surface area contributed by atoms with Gasteiger partial charge in [0.25, 0.3) is 5.91 Å². The lowest BCUT2D eigenvalue weighted by Crippen LogP contribution is -2.28. The Balaban J connectivity index is 0.000000222. The molecule has 440 valence electrons. The van der Waals surface area contributed by atoms with E-state index in [1.807, 2.05) is 125 Å². The average molecular weight is 1160 g/mol. The van der Waals surface area contributed by atoms with Crippen molar-refractivity contribution in [2.75, 3.05) is 43.5 Å². The minimum Gasteiger partial charge on any atom is -0.481 e. The van der Waals surface area contributed by atoms with E-state index < -0.39 is 46.3 Å². The summed E-state index contributed by atoms with van der Waals surface area (Å²) in [5.74, 6) is -2.18. The second kappa shape index (κ2) is 30.1. The quantitative estimate of drug-likeness (QED) is 0.0318. The Labute approximate surface area is 486 Å². The van der Waals surface area contributed by atoms with Crippen LogP contribution in [0.1, 0.15) is 116 Å². The maximum Gasteiger partial charge on any atom is 0.305 e. The summed E-state index contributed by atoms with van der Waals surface area (Å²) in [4.78, 5) is 27.2. The predicted molar refractivity (Wildman–Crippen MR) is 321 cm³/mol. The zero-order valence-corrected chi connectivity index (χ0v) is 48.8. The normalized spacial score (nSPS) is 14.8. The number of aliphatic carboxylic acids is 1. The number of halogens is 2. The molecule has 0 saturated carbocycles. The molecule has 0 radical (unpaired) electrons. The SMILES string of the molecule is CC(C)NCC(O)c1ccc(NS(C)(=O)=O)cc1.CC(C)c1c(C(=O)Nc2ccccc2)c(-c2ccccc2)c(-c2ccc(F)cc2)n1CC[C@@H](O)C[C@@H](O)CC(=O)O.CN(C)CCCC1(c2ccc(F)cc2)OCc2cc(C#N)ccc21. The van der Waals surface area contributed by atoms with Crippen LogP contribution < -0.4 is 15.4 Å². The molecule has 1 aliphatic heterocycles. The number of ether oxygens (including phenoxy) is 1. The number of carbonyl (C=O) groups excluding carboxylic acids is 1. The summed E-state index contributed by atoms with van der Waals surface area (Å²) in [6, 6.07) is 46.2. The maximum atomic E-state index is 14.0. The molecule has 7 N–H and O–H groups in total. The van der Waals surface area contributed by atoms with E-state index in [2.05, 4.69) is 26.3 Å². The Morgan fingerprint density at radius 2 is 1.41 bits per heavy atom. The van der Waals surface area contributed by atoms with Gasteiger partial charge in [-0.2, -0.15) is 5.26 Å². The van der Waals surface area contributed by atoms with E-state index in [9.17, 15) is 42.1 Å². The smallest absolute Gasteiger partial charge is 0.305 e. The molecule has 1 aliphatic rings. The first-order valence-corrected chi connectivity index (χ1v) is 29.5. The second-order valence-electron chi connectivity index (χ2n) is 21.5. The van der Waals surface area contributed by atoms with Gasteiger partial charge in [-0.3, -0.25) is 14.3 Å². The molecule has 0 spiro atoms. The zero-order valence-electron chi connectivity index (χ0n) is 48.0. The number of nitrogens with one attached hydrogen (secondary N) is 3. The van der Waals surface area contributed by atoms with Crippen LogP contribution in [0.5, 0.6) is 0 Å². The predicted octanol–water partition coefficient (Wildman–Crippen LogP) is 11.2. The molecule has 8 rings (SSSR count). The van der Waals surface area contributed by atoms with Crippen molar-refractivity contribution in [3.05, 3.63) is 202 Å². The highest BCUT2D eigenvalue weighted by Gasteiger charge is 2.41. The van der Waals surface area contributed by atoms with E-state index in [0.717, 1.165) is 59.2 Å². The molecule has 0 saturated heterocycles. The molecule has 0 aliphatic carbocycles. The van der Waals surface area contributed by atoms with Gasteiger partial charge in [0.2, 0.25) is 10.0 Å². The topological polar surface area (TPSA) is 226 Å². The van der Waals surface area contributed by atoms with Gasteiger partial charge in [0.1, 0.15) is 17.2 Å². The van der Waals surface area contributed by atoms with Gasteiger partial charge in [-0.1, -0.05) is 107 Å². The maximum absolute atomic E-state index is 14.0. The molecule has 1 amide bonds. The van der Waals surface area contributed by atoms with Crippen LogP contribution in [0.4, 0.5) is 20.2 Å². The molecule has 1 aromatic heterocycles. The van der Waals surface area contributed by atoms with Crippen molar-refractivity contribution in [1.29, 1.82) is 5.26 Å². The Morgan fingerprint density at radius 1 is 0.795 bits per heavy atom. The number of carboxylic acid groups (broad SMARTS) is 1. The van der Waals surface area contributed by atoms with E-state index >= 15 is 0 Å². The fourth-order valence-electron chi connectivity index (χ4n) is 10.1. The van der Waals surface area contributed by atoms with Crippen LogP contribution in [0, 0.1) is 23.0 Å². The number of carbonyl (C=O) groups is 2. The summed E-state index contributed by atoms with van der Waals surface area (Å²) in [7, 11) is 0.841. The van der Waals surface area contributed by atoms with Crippen molar-refractivity contribution >= 4 is 33.3 Å². The highest BCUT2D eigenvalue weighted by Crippen LogP contribution is 2.46. The van der Waals surface area contributed by atoms with E-state index in [1.165, 1.54) is 24.3 Å². The number of benzene rings is 6. The largest absolute Gasteiger partial charge is 0.481 e. The first-order chi connectivity index (χ1) is 39.5. The van der Waals surface area contributed by atoms with E-state index in [-0.39, 0.29) is 42.8 Å². The van der Waals surface area contributed by atoms with Crippen LogP contribution in [-0.2, 0) is 38.3 Å². The Hall–Kier alpha value is -7.60. The van der Waals surface area contributed by atoms with Gasteiger partial charge in [-0.25, -0.2) is 17.2 Å². The summed E-state index contributed by atoms with van der Waals surface area (Å²) >= 11 is 0. The van der Waals surface area contributed by atoms with E-state index in [0.29, 0.717) is 58.5 Å². The first kappa shape index (κ1) is 64.6. The lowest BCUT2D eigenvalue weighted by atomic mass is 9.81. The van der Waals surface area contributed by atoms with Crippen LogP contribution >= 0.6 is 0 Å². The third-order valence-electron chi connectivity index (χ3n) is 13.8. The van der Waals surface area contributed by atoms with Gasteiger partial charge in [-0.15, -0.1) is 0 Å². The first-order valence-electron chi connectivity index (χ1n) is 27.6. The number of para-hydroxylation sites is 1. The number of nitriles is 1. The van der Waals surface area contributed by atoms with E-state index in [1.54, 1.807) is 48.5 Å². The van der Waals surface area contributed by atoms with Gasteiger partial charge in [0.05, 0.1) is 60.5 Å². The van der Waals surface area contributed by atoms with Crippen molar-refractivity contribution in [3.8, 4) is 28.5 Å². The molecule has 83 heavy (non-hydrogen) atoms. The zero-order chi connectivity index (χ0) is 60.4. The van der Waals surface area contributed by atoms with Crippen molar-refractivity contribution in [3.63, 3.8) is 0 Å². The highest BCUT2D eigenvalue weighted by atomic mass is 32.2. The van der Waals surface area contributed by atoms with Crippen molar-refractivity contribution in [2.24, 2.45) is 0 Å². The van der Waals surface area contributed by atoms with Crippen LogP contribution in [0.2, 0.25) is 0 Å². The number of rotatable bonds is 23. The Kier molecular flexibility index (Phi) is 23.4. The number of amides is 1. The molecule has 7 aromatic rings. The number of hydrogen-bond donors (Lipinski definition) is 7. The molecule has 0 bridgehead atoms. The highest BCUT2D eigenvalue weighted by molar-refractivity contribution is 7.92. The summed E-state index contributed by atoms with van der Waals surface area (Å²) < 4.78 is 60.1. The number of anilines is 2. The average Bonchev–Trinajstić information content (AvgIpc) is 3.54. The summed E-state index contributed by atoms with van der Waals surface area (Å²) in [5, 5.41) is 54.9. The molecule has 2 heterocycles. The van der Waals surface area contributed by atoms with Gasteiger partial charge in [0, 0.05) is 41.8 Å². The van der Waals surface area contributed by atoms with Gasteiger partial charge in [-0.05, 0) is 158 Å². The minimum atomic E-state index is -3.26. The minimum absolute atomic E-state index is 0.0939. The van der Waals surface area contributed by atoms with Crippen LogP contribution in [0.25, 0.3) is 22.4 Å². The molecule has 2 unspecified atom stereocenters. The lowest BCUT2D eigenvalue weighted by Gasteiger charge is -2.31. The van der Waals surface area contributed by atoms with Crippen molar-refractivity contribution < 1.29 is 52.0 Å². The molecule has 15 nitrogen and oxygen atoms in total. The fourth-order valence-corrected chi connectivity index (χ4v) is 10.6. The number of fused-ring (bicyclic) bond motifs is 1. The Bertz CT molecular complexity index is 3380. The van der Waals surface area contributed by atoms with Crippen LogP contribution in [0.3, 0.4) is 0 Å². The summed E-state index contributed by atoms with van der Waals surface area (Å²) in [6.45, 7) is 10.2. The molecule has 4 atom stereocenters. The van der Waals surface area contributed by atoms with Crippen molar-refractivity contribution in [2.45, 2.75) is 109 Å². The fraction of sp³-hybridized carbons (Fsp3) is 0.338. The number of aromatic nitrogens is 1. The number of aliphatic hydroxyl groups is 3. The summed E-state index contributed by atoms with van der Waals surface area (Å²) in [6.07, 6.45) is -0.228. The van der Waals surface area contributed by atoms with Gasteiger partial charge >= 0.3 is 5.97 Å². The van der Waals surface area contributed by atoms with E-state index in [4.69, 9.17) is 15.1 Å². The molecular formula is C65H76F2N6O9S. The molecule has 0 fully saturated rings. The van der Waals surface area contributed by atoms with Crippen molar-refractivity contribution in [1.82, 2.24) is 14.8 Å². The third-order valence-corrected chi connectivity index (χ3v) is 14.4. The lowest BCUT2D eigenvalue weighted by molar-refractivity contribution is -0.139. The van der Waals surface area contributed by atoms with Crippen LogP contribution in [0.15, 0.2) is 152 Å². The summed E-state index contributed by atoms with van der Waals surface area (Å²) in [5.41, 5.74) is 9.19. The number of hydrogen-bond acceptors (Lipinski definition) is 11. The second-order valence-corrected chi connectivity index (χ2v) is 23.2.